The molecule has 116 valence electrons. The molecule has 22 heavy (non-hydrogen) atoms. The van der Waals surface area contributed by atoms with Crippen molar-refractivity contribution in [1.29, 1.82) is 0 Å². The Kier molecular flexibility index (Phi) is 4.55. The van der Waals surface area contributed by atoms with Crippen LogP contribution in [-0.2, 0) is 5.41 Å². The van der Waals surface area contributed by atoms with E-state index in [2.05, 4.69) is 38.5 Å². The molecule has 0 saturated carbocycles. The third kappa shape index (κ3) is 3.88. The minimum atomic E-state index is -0.140. The van der Waals surface area contributed by atoms with Crippen molar-refractivity contribution < 1.29 is 4.79 Å². The molecule has 1 amide bonds. The first-order chi connectivity index (χ1) is 10.3. The van der Waals surface area contributed by atoms with Crippen molar-refractivity contribution >= 4 is 11.6 Å². The number of nitrogens with one attached hydrogen (secondary N) is 2. The molecular weight excluding hydrogens is 272 g/mol. The Morgan fingerprint density at radius 1 is 0.909 bits per heavy atom. The van der Waals surface area contributed by atoms with E-state index in [0.717, 1.165) is 5.69 Å². The number of carbonyl (C=O) groups excluding carboxylic acids is 1. The standard InChI is InChI=1S/C19H24N2O/c1-13-6-11-17(12-14(13)2)20-21-18(22)15-7-9-16(10-8-15)19(3,4)5/h6-12,20H,1-5H3,(H,21,22). The Morgan fingerprint density at radius 2 is 1.55 bits per heavy atom. The van der Waals surface area contributed by atoms with E-state index in [1.807, 2.05) is 49.4 Å². The molecule has 0 saturated heterocycles. The van der Waals surface area contributed by atoms with E-state index in [9.17, 15) is 4.79 Å². The average molecular weight is 296 g/mol. The summed E-state index contributed by atoms with van der Waals surface area (Å²) >= 11 is 0. The van der Waals surface area contributed by atoms with Gasteiger partial charge in [0.25, 0.3) is 5.91 Å². The van der Waals surface area contributed by atoms with Crippen LogP contribution in [0.15, 0.2) is 42.5 Å². The smallest absolute Gasteiger partial charge is 0.269 e. The minimum absolute atomic E-state index is 0.0900. The van der Waals surface area contributed by atoms with Gasteiger partial charge in [-0.25, -0.2) is 0 Å². The molecular formula is C19H24N2O. The molecule has 2 aromatic carbocycles. The lowest BCUT2D eigenvalue weighted by Crippen LogP contribution is -2.29. The van der Waals surface area contributed by atoms with Gasteiger partial charge in [-0.15, -0.1) is 0 Å². The van der Waals surface area contributed by atoms with Crippen LogP contribution >= 0.6 is 0 Å². The number of rotatable bonds is 3. The number of amides is 1. The van der Waals surface area contributed by atoms with Gasteiger partial charge < -0.3 is 0 Å². The molecule has 0 radical (unpaired) electrons. The molecule has 0 aromatic heterocycles. The number of hydrogen-bond donors (Lipinski definition) is 2. The largest absolute Gasteiger partial charge is 0.298 e. The summed E-state index contributed by atoms with van der Waals surface area (Å²) in [5.74, 6) is -0.140. The second kappa shape index (κ2) is 6.22. The summed E-state index contributed by atoms with van der Waals surface area (Å²) in [5, 5.41) is 0. The lowest BCUT2D eigenvalue weighted by Gasteiger charge is -2.19. The molecule has 0 atom stereocenters. The van der Waals surface area contributed by atoms with E-state index in [1.165, 1.54) is 16.7 Å². The van der Waals surface area contributed by atoms with Crippen molar-refractivity contribution in [3.63, 3.8) is 0 Å². The van der Waals surface area contributed by atoms with Crippen LogP contribution in [0.1, 0.15) is 47.8 Å². The van der Waals surface area contributed by atoms with Gasteiger partial charge in [-0.3, -0.25) is 15.6 Å². The molecule has 0 aliphatic heterocycles. The highest BCUT2D eigenvalue weighted by Crippen LogP contribution is 2.22. The van der Waals surface area contributed by atoms with Crippen LogP contribution in [0.25, 0.3) is 0 Å². The highest BCUT2D eigenvalue weighted by atomic mass is 16.2. The summed E-state index contributed by atoms with van der Waals surface area (Å²) in [6, 6.07) is 13.7. The predicted octanol–water partition coefficient (Wildman–Crippen LogP) is 4.36. The molecule has 0 aliphatic rings. The second-order valence-electron chi connectivity index (χ2n) is 6.71. The lowest BCUT2D eigenvalue weighted by atomic mass is 9.87. The first-order valence-electron chi connectivity index (χ1n) is 7.51. The van der Waals surface area contributed by atoms with Crippen molar-refractivity contribution in [1.82, 2.24) is 5.43 Å². The van der Waals surface area contributed by atoms with Crippen molar-refractivity contribution in [3.8, 4) is 0 Å². The number of hydrogen-bond acceptors (Lipinski definition) is 2. The monoisotopic (exact) mass is 296 g/mol. The van der Waals surface area contributed by atoms with Crippen LogP contribution in [0.3, 0.4) is 0 Å². The van der Waals surface area contributed by atoms with E-state index >= 15 is 0 Å². The molecule has 0 aliphatic carbocycles. The quantitative estimate of drug-likeness (QED) is 0.826. The molecule has 0 heterocycles. The zero-order valence-corrected chi connectivity index (χ0v) is 13.9. The van der Waals surface area contributed by atoms with Crippen molar-refractivity contribution in [3.05, 3.63) is 64.7 Å². The van der Waals surface area contributed by atoms with E-state index in [4.69, 9.17) is 0 Å². The van der Waals surface area contributed by atoms with Crippen molar-refractivity contribution in [2.45, 2.75) is 40.0 Å². The Bertz CT molecular complexity index is 667. The van der Waals surface area contributed by atoms with E-state index in [1.54, 1.807) is 0 Å². The molecule has 0 bridgehead atoms. The normalized spacial score (nSPS) is 11.1. The summed E-state index contributed by atoms with van der Waals surface area (Å²) in [5.41, 5.74) is 10.9. The van der Waals surface area contributed by atoms with Gasteiger partial charge in [0.1, 0.15) is 0 Å². The molecule has 2 aromatic rings. The summed E-state index contributed by atoms with van der Waals surface area (Å²) in [6.07, 6.45) is 0. The highest BCUT2D eigenvalue weighted by molar-refractivity contribution is 5.94. The third-order valence-corrected chi connectivity index (χ3v) is 3.84. The van der Waals surface area contributed by atoms with Gasteiger partial charge in [-0.1, -0.05) is 39.0 Å². The fourth-order valence-corrected chi connectivity index (χ4v) is 2.14. The van der Waals surface area contributed by atoms with Crippen LogP contribution in [0.5, 0.6) is 0 Å². The first kappa shape index (κ1) is 16.1. The summed E-state index contributed by atoms with van der Waals surface area (Å²) < 4.78 is 0. The highest BCUT2D eigenvalue weighted by Gasteiger charge is 2.14. The number of anilines is 1. The van der Waals surface area contributed by atoms with Gasteiger partial charge in [-0.05, 0) is 60.2 Å². The van der Waals surface area contributed by atoms with Crippen LogP contribution < -0.4 is 10.9 Å². The van der Waals surface area contributed by atoms with Crippen LogP contribution in [0.2, 0.25) is 0 Å². The average Bonchev–Trinajstić information content (AvgIpc) is 2.47. The second-order valence-corrected chi connectivity index (χ2v) is 6.71. The van der Waals surface area contributed by atoms with Gasteiger partial charge in [-0.2, -0.15) is 0 Å². The van der Waals surface area contributed by atoms with Gasteiger partial charge in [0, 0.05) is 5.56 Å². The SMILES string of the molecule is Cc1ccc(NNC(=O)c2ccc(C(C)(C)C)cc2)cc1C. The number of carbonyl (C=O) groups is 1. The Balaban J connectivity index is 2.01. The Hall–Kier alpha value is -2.29. The van der Waals surface area contributed by atoms with Crippen LogP contribution in [0.4, 0.5) is 5.69 Å². The summed E-state index contributed by atoms with van der Waals surface area (Å²) in [7, 11) is 0. The third-order valence-electron chi connectivity index (χ3n) is 3.84. The van der Waals surface area contributed by atoms with Crippen LogP contribution in [-0.4, -0.2) is 5.91 Å². The molecule has 2 rings (SSSR count). The topological polar surface area (TPSA) is 41.1 Å². The fourth-order valence-electron chi connectivity index (χ4n) is 2.14. The van der Waals surface area contributed by atoms with E-state index < -0.39 is 0 Å². The predicted molar refractivity (Wildman–Crippen MR) is 92.1 cm³/mol. The van der Waals surface area contributed by atoms with E-state index in [-0.39, 0.29) is 11.3 Å². The van der Waals surface area contributed by atoms with Crippen LogP contribution in [0, 0.1) is 13.8 Å². The van der Waals surface area contributed by atoms with E-state index in [0.29, 0.717) is 5.56 Å². The molecule has 3 heteroatoms. The lowest BCUT2D eigenvalue weighted by molar-refractivity contribution is 0.0962. The minimum Gasteiger partial charge on any atom is -0.298 e. The summed E-state index contributed by atoms with van der Waals surface area (Å²) in [6.45, 7) is 10.6. The maximum atomic E-state index is 12.2. The zero-order valence-electron chi connectivity index (χ0n) is 13.9. The zero-order chi connectivity index (χ0) is 16.3. The fraction of sp³-hybridized carbons (Fsp3) is 0.316. The molecule has 0 unspecified atom stereocenters. The van der Waals surface area contributed by atoms with Crippen molar-refractivity contribution in [2.24, 2.45) is 0 Å². The number of aryl methyl sites for hydroxylation is 2. The van der Waals surface area contributed by atoms with Gasteiger partial charge in [0.2, 0.25) is 0 Å². The molecule has 0 fully saturated rings. The maximum Gasteiger partial charge on any atom is 0.269 e. The van der Waals surface area contributed by atoms with Gasteiger partial charge in [0.15, 0.2) is 0 Å². The number of hydrazine groups is 1. The maximum absolute atomic E-state index is 12.2. The molecule has 3 nitrogen and oxygen atoms in total. The number of benzene rings is 2. The Labute approximate surface area is 132 Å². The van der Waals surface area contributed by atoms with Gasteiger partial charge in [0.05, 0.1) is 5.69 Å². The molecule has 0 spiro atoms. The summed E-state index contributed by atoms with van der Waals surface area (Å²) in [4.78, 5) is 12.2. The van der Waals surface area contributed by atoms with Gasteiger partial charge >= 0.3 is 0 Å². The van der Waals surface area contributed by atoms with Crippen molar-refractivity contribution in [2.75, 3.05) is 5.43 Å². The Morgan fingerprint density at radius 3 is 2.09 bits per heavy atom. The molecule has 2 N–H and O–H groups in total. The first-order valence-corrected chi connectivity index (χ1v) is 7.51.